The van der Waals surface area contributed by atoms with E-state index in [9.17, 15) is 13.2 Å². The molecule has 2 aromatic rings. The maximum atomic E-state index is 12.7. The highest BCUT2D eigenvalue weighted by Crippen LogP contribution is 2.36. The predicted molar refractivity (Wildman–Crippen MR) is 102 cm³/mol. The van der Waals surface area contributed by atoms with Crippen LogP contribution in [0.3, 0.4) is 0 Å². The molecular weight excluding hydrogens is 399 g/mol. The van der Waals surface area contributed by atoms with Crippen molar-refractivity contribution in [3.63, 3.8) is 0 Å². The van der Waals surface area contributed by atoms with Crippen LogP contribution in [0.15, 0.2) is 41.3 Å². The second-order valence-electron chi connectivity index (χ2n) is 5.95. The average Bonchev–Trinajstić information content (AvgIpc) is 2.51. The zero-order valence-electron chi connectivity index (χ0n) is 14.0. The van der Waals surface area contributed by atoms with Gasteiger partial charge in [0.15, 0.2) is 0 Å². The second kappa shape index (κ2) is 6.98. The molecule has 0 aliphatic carbocycles. The van der Waals surface area contributed by atoms with E-state index < -0.39 is 10.0 Å². The number of anilines is 2. The molecule has 2 aromatic carbocycles. The molecule has 0 bridgehead atoms. The first-order valence-corrected chi connectivity index (χ1v) is 9.97. The highest BCUT2D eigenvalue weighted by Gasteiger charge is 2.28. The van der Waals surface area contributed by atoms with Gasteiger partial charge in [-0.2, -0.15) is 0 Å². The molecule has 1 aliphatic heterocycles. The normalized spacial score (nSPS) is 16.6. The van der Waals surface area contributed by atoms with Gasteiger partial charge in [0, 0.05) is 17.0 Å². The predicted octanol–water partition coefficient (Wildman–Crippen LogP) is 3.93. The van der Waals surface area contributed by atoms with E-state index in [4.69, 9.17) is 27.9 Å². The van der Waals surface area contributed by atoms with E-state index in [0.29, 0.717) is 28.0 Å². The molecule has 0 fully saturated rings. The highest BCUT2D eigenvalue weighted by atomic mass is 35.5. The molecule has 1 N–H and O–H groups in total. The molecule has 26 heavy (non-hydrogen) atoms. The van der Waals surface area contributed by atoms with Crippen LogP contribution in [0.5, 0.6) is 5.75 Å². The monoisotopic (exact) mass is 414 g/mol. The van der Waals surface area contributed by atoms with Crippen LogP contribution in [-0.2, 0) is 14.8 Å². The summed E-state index contributed by atoms with van der Waals surface area (Å²) in [5, 5.41) is 0.622. The van der Waals surface area contributed by atoms with Crippen molar-refractivity contribution in [1.29, 1.82) is 0 Å². The van der Waals surface area contributed by atoms with Crippen molar-refractivity contribution >= 4 is 50.5 Å². The number of hydrogen-bond donors (Lipinski definition) is 1. The lowest BCUT2D eigenvalue weighted by Gasteiger charge is -2.33. The number of halogens is 2. The number of hydrogen-bond acceptors (Lipinski definition) is 4. The van der Waals surface area contributed by atoms with E-state index in [1.807, 2.05) is 6.92 Å². The van der Waals surface area contributed by atoms with Crippen molar-refractivity contribution in [2.24, 2.45) is 0 Å². The number of amides is 1. The Balaban J connectivity index is 1.98. The minimum atomic E-state index is -3.90. The zero-order chi connectivity index (χ0) is 19.1. The summed E-state index contributed by atoms with van der Waals surface area (Å²) >= 11 is 11.8. The van der Waals surface area contributed by atoms with Gasteiger partial charge in [-0.3, -0.25) is 9.52 Å². The van der Waals surface area contributed by atoms with Crippen LogP contribution in [0.4, 0.5) is 11.4 Å². The fraction of sp³-hybridized carbons (Fsp3) is 0.235. The molecule has 0 saturated heterocycles. The molecular formula is C17H16Cl2N2O4S. The van der Waals surface area contributed by atoms with Gasteiger partial charge in [-0.1, -0.05) is 23.2 Å². The summed E-state index contributed by atoms with van der Waals surface area (Å²) < 4.78 is 33.5. The van der Waals surface area contributed by atoms with Gasteiger partial charge in [-0.05, 0) is 43.3 Å². The van der Waals surface area contributed by atoms with Gasteiger partial charge >= 0.3 is 0 Å². The Bertz CT molecular complexity index is 958. The lowest BCUT2D eigenvalue weighted by atomic mass is 10.2. The van der Waals surface area contributed by atoms with Crippen molar-refractivity contribution in [1.82, 2.24) is 0 Å². The molecule has 1 aliphatic rings. The lowest BCUT2D eigenvalue weighted by molar-refractivity contribution is -0.117. The quantitative estimate of drug-likeness (QED) is 0.825. The summed E-state index contributed by atoms with van der Waals surface area (Å²) in [5.41, 5.74) is 0.663. The van der Waals surface area contributed by atoms with Gasteiger partial charge in [-0.15, -0.1) is 0 Å². The maximum Gasteiger partial charge on any atom is 0.261 e. The van der Waals surface area contributed by atoms with Crippen LogP contribution in [0.2, 0.25) is 10.0 Å². The molecule has 6 nitrogen and oxygen atoms in total. The number of nitrogens with one attached hydrogen (secondary N) is 1. The fourth-order valence-corrected chi connectivity index (χ4v) is 4.30. The van der Waals surface area contributed by atoms with Crippen molar-refractivity contribution < 1.29 is 17.9 Å². The number of ether oxygens (including phenoxy) is 1. The number of fused-ring (bicyclic) bond motifs is 1. The Morgan fingerprint density at radius 1 is 1.19 bits per heavy atom. The van der Waals surface area contributed by atoms with E-state index in [1.165, 1.54) is 42.2 Å². The third kappa shape index (κ3) is 3.90. The first kappa shape index (κ1) is 18.8. The number of nitrogens with zero attached hydrogens (tertiary/aromatic N) is 1. The third-order valence-electron chi connectivity index (χ3n) is 3.79. The fourth-order valence-electron chi connectivity index (χ4n) is 2.71. The summed E-state index contributed by atoms with van der Waals surface area (Å²) in [6, 6.07) is 8.79. The zero-order valence-corrected chi connectivity index (χ0v) is 16.3. The Kier molecular flexibility index (Phi) is 5.05. The first-order valence-electron chi connectivity index (χ1n) is 7.73. The summed E-state index contributed by atoms with van der Waals surface area (Å²) in [6.07, 6.45) is -0.180. The van der Waals surface area contributed by atoms with Gasteiger partial charge < -0.3 is 9.64 Å². The van der Waals surface area contributed by atoms with Crippen LogP contribution in [0, 0.1) is 0 Å². The third-order valence-corrected chi connectivity index (χ3v) is 5.61. The molecule has 0 radical (unpaired) electrons. The number of carbonyl (C=O) groups is 1. The Labute approximate surface area is 161 Å². The van der Waals surface area contributed by atoms with Gasteiger partial charge in [0.25, 0.3) is 10.0 Å². The van der Waals surface area contributed by atoms with Gasteiger partial charge in [0.2, 0.25) is 5.91 Å². The average molecular weight is 415 g/mol. The molecule has 9 heteroatoms. The number of rotatable bonds is 3. The van der Waals surface area contributed by atoms with Gasteiger partial charge in [0.1, 0.15) is 11.9 Å². The summed E-state index contributed by atoms with van der Waals surface area (Å²) in [4.78, 5) is 13.4. The van der Waals surface area contributed by atoms with Crippen molar-refractivity contribution in [3.8, 4) is 5.75 Å². The number of benzene rings is 2. The Morgan fingerprint density at radius 2 is 1.85 bits per heavy atom. The summed E-state index contributed by atoms with van der Waals surface area (Å²) in [7, 11) is -3.90. The molecule has 1 unspecified atom stereocenters. The minimum Gasteiger partial charge on any atom is -0.487 e. The van der Waals surface area contributed by atoms with Crippen molar-refractivity contribution in [2.45, 2.75) is 24.8 Å². The lowest BCUT2D eigenvalue weighted by Crippen LogP contribution is -2.41. The molecule has 1 heterocycles. The van der Waals surface area contributed by atoms with Gasteiger partial charge in [0.05, 0.1) is 22.8 Å². The van der Waals surface area contributed by atoms with Crippen molar-refractivity contribution in [3.05, 3.63) is 46.4 Å². The summed E-state index contributed by atoms with van der Waals surface area (Å²) in [6.45, 7) is 3.62. The SMILES string of the molecule is CC(=O)N1CC(C)Oc2ccc(S(=O)(=O)Nc3cc(Cl)cc(Cl)c3)cc21. The molecule has 1 amide bonds. The largest absolute Gasteiger partial charge is 0.487 e. The smallest absolute Gasteiger partial charge is 0.261 e. The Morgan fingerprint density at radius 3 is 2.46 bits per heavy atom. The molecule has 1 atom stereocenters. The number of sulfonamides is 1. The van der Waals surface area contributed by atoms with Crippen LogP contribution in [-0.4, -0.2) is 27.0 Å². The van der Waals surface area contributed by atoms with E-state index >= 15 is 0 Å². The first-order chi connectivity index (χ1) is 12.2. The van der Waals surface area contributed by atoms with Crippen LogP contribution < -0.4 is 14.4 Å². The van der Waals surface area contributed by atoms with Crippen LogP contribution >= 0.6 is 23.2 Å². The van der Waals surface area contributed by atoms with E-state index in [1.54, 1.807) is 6.07 Å². The number of carbonyl (C=O) groups excluding carboxylic acids is 1. The van der Waals surface area contributed by atoms with E-state index in [0.717, 1.165) is 0 Å². The maximum absolute atomic E-state index is 12.7. The molecule has 3 rings (SSSR count). The standard InChI is InChI=1S/C17H16Cl2N2O4S/c1-10-9-21(11(2)22)16-8-15(3-4-17(16)25-10)26(23,24)20-14-6-12(18)5-13(19)7-14/h3-8,10,20H,9H2,1-2H3. The van der Waals surface area contributed by atoms with Gasteiger partial charge in [-0.25, -0.2) is 8.42 Å². The van der Waals surface area contributed by atoms with Crippen LogP contribution in [0.25, 0.3) is 0 Å². The summed E-state index contributed by atoms with van der Waals surface area (Å²) in [5.74, 6) is 0.272. The topological polar surface area (TPSA) is 75.7 Å². The minimum absolute atomic E-state index is 0.00301. The molecule has 0 saturated carbocycles. The molecule has 0 aromatic heterocycles. The molecule has 138 valence electrons. The second-order valence-corrected chi connectivity index (χ2v) is 8.51. The van der Waals surface area contributed by atoms with Crippen molar-refractivity contribution in [2.75, 3.05) is 16.2 Å². The Hall–Kier alpha value is -1.96. The van der Waals surface area contributed by atoms with E-state index in [-0.39, 0.29) is 22.6 Å². The van der Waals surface area contributed by atoms with Crippen LogP contribution in [0.1, 0.15) is 13.8 Å². The highest BCUT2D eigenvalue weighted by molar-refractivity contribution is 7.92. The molecule has 0 spiro atoms. The van der Waals surface area contributed by atoms with E-state index in [2.05, 4.69) is 4.72 Å².